The lowest BCUT2D eigenvalue weighted by molar-refractivity contribution is -0.162. The van der Waals surface area contributed by atoms with Gasteiger partial charge in [0.05, 0.1) is 5.92 Å². The van der Waals surface area contributed by atoms with Crippen LogP contribution in [0.5, 0.6) is 0 Å². The van der Waals surface area contributed by atoms with E-state index in [0.717, 1.165) is 25.9 Å². The topological polar surface area (TPSA) is 49.8 Å². The Morgan fingerprint density at radius 2 is 2.14 bits per heavy atom. The van der Waals surface area contributed by atoms with Crippen molar-refractivity contribution in [2.75, 3.05) is 19.7 Å². The maximum Gasteiger partial charge on any atom is 0.311 e. The molecular weight excluding hydrogens is 266 g/mol. The van der Waals surface area contributed by atoms with E-state index < -0.39 is 5.60 Å². The molecule has 0 aromatic rings. The van der Waals surface area contributed by atoms with Gasteiger partial charge in [-0.15, -0.1) is 6.58 Å². The van der Waals surface area contributed by atoms with Crippen molar-refractivity contribution < 1.29 is 14.6 Å². The first-order valence-corrected chi connectivity index (χ1v) is 7.81. The van der Waals surface area contributed by atoms with Gasteiger partial charge in [-0.05, 0) is 59.9 Å². The average Bonchev–Trinajstić information content (AvgIpc) is 2.62. The molecule has 0 bridgehead atoms. The number of aliphatic hydroxyl groups is 1. The van der Waals surface area contributed by atoms with E-state index in [4.69, 9.17) is 4.74 Å². The number of esters is 1. The van der Waals surface area contributed by atoms with Crippen LogP contribution >= 0.6 is 0 Å². The van der Waals surface area contributed by atoms with Crippen LogP contribution in [0.2, 0.25) is 0 Å². The first-order chi connectivity index (χ1) is 9.61. The molecule has 1 heterocycles. The molecule has 0 aromatic carbocycles. The number of nitrogens with zero attached hydrogens (tertiary/aromatic N) is 1. The van der Waals surface area contributed by atoms with Crippen molar-refractivity contribution in [3.8, 4) is 0 Å². The molecule has 0 radical (unpaired) electrons. The smallest absolute Gasteiger partial charge is 0.311 e. The first-order valence-electron chi connectivity index (χ1n) is 7.81. The van der Waals surface area contributed by atoms with Gasteiger partial charge < -0.3 is 9.84 Å². The molecule has 0 aromatic heterocycles. The third kappa shape index (κ3) is 4.82. The highest BCUT2D eigenvalue weighted by Crippen LogP contribution is 2.36. The zero-order valence-electron chi connectivity index (χ0n) is 14.2. The maximum atomic E-state index is 12.4. The monoisotopic (exact) mass is 297 g/mol. The van der Waals surface area contributed by atoms with Crippen LogP contribution in [0.3, 0.4) is 0 Å². The summed E-state index contributed by atoms with van der Waals surface area (Å²) in [7, 11) is 0. The Hall–Kier alpha value is -0.870. The summed E-state index contributed by atoms with van der Waals surface area (Å²) in [5, 5.41) is 9.45. The standard InChI is InChI=1S/C17H31NO3/c1-7-8-13(12-19)11-18-10-9-14(17(18,5)6)15(20)21-16(2,3)4/h7,13-14,19H,1,8-12H2,2-6H3/t13-,14-/m1/s1. The van der Waals surface area contributed by atoms with Crippen LogP contribution < -0.4 is 0 Å². The van der Waals surface area contributed by atoms with Crippen LogP contribution in [-0.2, 0) is 9.53 Å². The quantitative estimate of drug-likeness (QED) is 0.605. The molecule has 4 heteroatoms. The Kier molecular flexibility index (Phi) is 6.00. The number of rotatable bonds is 6. The van der Waals surface area contributed by atoms with Gasteiger partial charge in [-0.3, -0.25) is 9.69 Å². The minimum atomic E-state index is -0.447. The third-order valence-electron chi connectivity index (χ3n) is 4.28. The lowest BCUT2D eigenvalue weighted by atomic mass is 9.87. The van der Waals surface area contributed by atoms with Crippen LogP contribution in [0.4, 0.5) is 0 Å². The molecule has 0 unspecified atom stereocenters. The Balaban J connectivity index is 2.72. The van der Waals surface area contributed by atoms with Gasteiger partial charge in [0.1, 0.15) is 5.60 Å². The van der Waals surface area contributed by atoms with E-state index in [9.17, 15) is 9.90 Å². The highest BCUT2D eigenvalue weighted by Gasteiger charge is 2.47. The summed E-state index contributed by atoms with van der Waals surface area (Å²) in [6.07, 6.45) is 3.45. The summed E-state index contributed by atoms with van der Waals surface area (Å²) in [6, 6.07) is 0. The van der Waals surface area contributed by atoms with Crippen LogP contribution in [-0.4, -0.2) is 46.8 Å². The molecule has 1 aliphatic heterocycles. The summed E-state index contributed by atoms with van der Waals surface area (Å²) in [5.41, 5.74) is -0.687. The van der Waals surface area contributed by atoms with Crippen molar-refractivity contribution in [1.29, 1.82) is 0 Å². The minimum absolute atomic E-state index is 0.111. The summed E-state index contributed by atoms with van der Waals surface area (Å²) < 4.78 is 5.55. The number of carbonyl (C=O) groups excluding carboxylic acids is 1. The van der Waals surface area contributed by atoms with E-state index in [2.05, 4.69) is 25.3 Å². The second kappa shape index (κ2) is 6.93. The zero-order chi connectivity index (χ0) is 16.3. The fourth-order valence-electron chi connectivity index (χ4n) is 3.01. The lowest BCUT2D eigenvalue weighted by Gasteiger charge is -2.37. The molecule has 0 spiro atoms. The summed E-state index contributed by atoms with van der Waals surface area (Å²) in [6.45, 7) is 15.4. The molecular formula is C17H31NO3. The molecule has 1 fully saturated rings. The van der Waals surface area contributed by atoms with Gasteiger partial charge in [-0.2, -0.15) is 0 Å². The van der Waals surface area contributed by atoms with E-state index in [0.29, 0.717) is 0 Å². The predicted molar refractivity (Wildman–Crippen MR) is 85.0 cm³/mol. The van der Waals surface area contributed by atoms with Gasteiger partial charge in [0.15, 0.2) is 0 Å². The molecule has 1 aliphatic rings. The van der Waals surface area contributed by atoms with Gasteiger partial charge in [-0.1, -0.05) is 6.08 Å². The van der Waals surface area contributed by atoms with E-state index >= 15 is 0 Å². The number of aliphatic hydroxyl groups excluding tert-OH is 1. The summed E-state index contributed by atoms with van der Waals surface area (Å²) in [5.74, 6) is -0.0433. The number of likely N-dealkylation sites (tertiary alicyclic amines) is 1. The highest BCUT2D eigenvalue weighted by atomic mass is 16.6. The SMILES string of the molecule is C=CC[C@@H](CO)CN1CC[C@H](C(=O)OC(C)(C)C)C1(C)C. The third-order valence-corrected chi connectivity index (χ3v) is 4.28. The highest BCUT2D eigenvalue weighted by molar-refractivity contribution is 5.75. The van der Waals surface area contributed by atoms with Gasteiger partial charge in [0, 0.05) is 18.7 Å². The fraction of sp³-hybridized carbons (Fsp3) is 0.824. The first kappa shape index (κ1) is 18.2. The molecule has 1 N–H and O–H groups in total. The lowest BCUT2D eigenvalue weighted by Crippen LogP contribution is -2.48. The van der Waals surface area contributed by atoms with Crippen molar-refractivity contribution in [3.63, 3.8) is 0 Å². The molecule has 4 nitrogen and oxygen atoms in total. The Bertz CT molecular complexity index is 371. The fourth-order valence-corrected chi connectivity index (χ4v) is 3.01. The van der Waals surface area contributed by atoms with Crippen LogP contribution in [0, 0.1) is 11.8 Å². The van der Waals surface area contributed by atoms with Crippen LogP contribution in [0.25, 0.3) is 0 Å². The van der Waals surface area contributed by atoms with Crippen molar-refractivity contribution in [2.45, 2.75) is 58.6 Å². The van der Waals surface area contributed by atoms with Gasteiger partial charge >= 0.3 is 5.97 Å². The molecule has 0 amide bonds. The number of ether oxygens (including phenoxy) is 1. The van der Waals surface area contributed by atoms with Crippen molar-refractivity contribution in [3.05, 3.63) is 12.7 Å². The molecule has 0 saturated carbocycles. The Morgan fingerprint density at radius 3 is 2.62 bits per heavy atom. The minimum Gasteiger partial charge on any atom is -0.460 e. The predicted octanol–water partition coefficient (Wildman–Crippen LogP) is 2.61. The number of hydrogen-bond acceptors (Lipinski definition) is 4. The molecule has 21 heavy (non-hydrogen) atoms. The van der Waals surface area contributed by atoms with Gasteiger partial charge in [-0.25, -0.2) is 0 Å². The average molecular weight is 297 g/mol. The molecule has 1 rings (SSSR count). The molecule has 122 valence electrons. The normalized spacial score (nSPS) is 23.8. The van der Waals surface area contributed by atoms with E-state index in [-0.39, 0.29) is 30.0 Å². The number of allylic oxidation sites excluding steroid dienone is 1. The van der Waals surface area contributed by atoms with Crippen molar-refractivity contribution >= 4 is 5.97 Å². The second-order valence-electron chi connectivity index (χ2n) is 7.55. The summed E-state index contributed by atoms with van der Waals surface area (Å²) >= 11 is 0. The molecule has 1 saturated heterocycles. The van der Waals surface area contributed by atoms with Gasteiger partial charge in [0.25, 0.3) is 0 Å². The molecule has 2 atom stereocenters. The molecule has 0 aliphatic carbocycles. The van der Waals surface area contributed by atoms with Gasteiger partial charge in [0.2, 0.25) is 0 Å². The largest absolute Gasteiger partial charge is 0.460 e. The van der Waals surface area contributed by atoms with E-state index in [1.807, 2.05) is 26.8 Å². The second-order valence-corrected chi connectivity index (χ2v) is 7.55. The number of carbonyl (C=O) groups is 1. The zero-order valence-corrected chi connectivity index (χ0v) is 14.2. The van der Waals surface area contributed by atoms with Crippen LogP contribution in [0.1, 0.15) is 47.5 Å². The van der Waals surface area contributed by atoms with E-state index in [1.165, 1.54) is 0 Å². The summed E-state index contributed by atoms with van der Waals surface area (Å²) in [4.78, 5) is 14.7. The van der Waals surface area contributed by atoms with Crippen molar-refractivity contribution in [2.24, 2.45) is 11.8 Å². The van der Waals surface area contributed by atoms with Crippen molar-refractivity contribution in [1.82, 2.24) is 4.90 Å². The van der Waals surface area contributed by atoms with E-state index in [1.54, 1.807) is 0 Å². The van der Waals surface area contributed by atoms with Crippen LogP contribution in [0.15, 0.2) is 12.7 Å². The number of hydrogen-bond donors (Lipinski definition) is 1. The Morgan fingerprint density at radius 1 is 1.52 bits per heavy atom. The maximum absolute atomic E-state index is 12.4. The Labute approximate surface area is 129 Å².